The highest BCUT2D eigenvalue weighted by atomic mass is 35.5. The molecule has 1 aromatic rings. The Morgan fingerprint density at radius 3 is 2.84 bits per heavy atom. The van der Waals surface area contributed by atoms with Crippen LogP contribution < -0.4 is 5.32 Å². The zero-order valence-electron chi connectivity index (χ0n) is 11.9. The average Bonchev–Trinajstić information content (AvgIpc) is 2.89. The average molecular weight is 282 g/mol. The van der Waals surface area contributed by atoms with Crippen LogP contribution in [-0.2, 0) is 11.2 Å². The van der Waals surface area contributed by atoms with E-state index in [0.29, 0.717) is 18.1 Å². The topological polar surface area (TPSA) is 21.3 Å². The largest absolute Gasteiger partial charge is 0.378 e. The first-order valence-electron chi connectivity index (χ1n) is 7.34. The van der Waals surface area contributed by atoms with Crippen molar-refractivity contribution in [2.45, 2.75) is 45.3 Å². The van der Waals surface area contributed by atoms with Crippen molar-refractivity contribution in [3.8, 4) is 0 Å². The monoisotopic (exact) mass is 281 g/mol. The molecule has 0 amide bonds. The molecule has 1 aliphatic heterocycles. The Morgan fingerprint density at radius 1 is 1.37 bits per heavy atom. The molecule has 2 rings (SSSR count). The minimum Gasteiger partial charge on any atom is -0.378 e. The van der Waals surface area contributed by atoms with Gasteiger partial charge in [0, 0.05) is 23.6 Å². The SMILES string of the molecule is CCNC(Cc1ccccc1Cl)C1CCOC1CC. The van der Waals surface area contributed by atoms with Gasteiger partial charge >= 0.3 is 0 Å². The molecule has 3 atom stereocenters. The van der Waals surface area contributed by atoms with E-state index in [9.17, 15) is 0 Å². The van der Waals surface area contributed by atoms with Crippen LogP contribution in [0.1, 0.15) is 32.3 Å². The molecule has 0 bridgehead atoms. The van der Waals surface area contributed by atoms with Crippen molar-refractivity contribution >= 4 is 11.6 Å². The van der Waals surface area contributed by atoms with Gasteiger partial charge in [0.15, 0.2) is 0 Å². The third-order valence-electron chi connectivity index (χ3n) is 4.04. The van der Waals surface area contributed by atoms with Gasteiger partial charge in [-0.3, -0.25) is 0 Å². The zero-order valence-corrected chi connectivity index (χ0v) is 12.6. The normalized spacial score (nSPS) is 24.6. The standard InChI is InChI=1S/C16H24ClNO/c1-3-16-13(9-10-19-16)15(18-4-2)11-12-7-5-6-8-14(12)17/h5-8,13,15-16,18H,3-4,9-11H2,1-2H3. The van der Waals surface area contributed by atoms with Crippen molar-refractivity contribution in [2.24, 2.45) is 5.92 Å². The van der Waals surface area contributed by atoms with Crippen LogP contribution in [0.2, 0.25) is 5.02 Å². The molecule has 0 aromatic heterocycles. The molecule has 3 heteroatoms. The fraction of sp³-hybridized carbons (Fsp3) is 0.625. The smallest absolute Gasteiger partial charge is 0.0616 e. The van der Waals surface area contributed by atoms with Crippen molar-refractivity contribution < 1.29 is 4.74 Å². The fourth-order valence-corrected chi connectivity index (χ4v) is 3.30. The maximum Gasteiger partial charge on any atom is 0.0616 e. The number of hydrogen-bond donors (Lipinski definition) is 1. The Bertz CT molecular complexity index is 396. The maximum absolute atomic E-state index is 6.29. The van der Waals surface area contributed by atoms with Crippen LogP contribution in [0, 0.1) is 5.92 Å². The molecule has 1 aromatic carbocycles. The number of rotatable bonds is 6. The second-order valence-electron chi connectivity index (χ2n) is 5.23. The molecular formula is C16H24ClNO. The van der Waals surface area contributed by atoms with Gasteiger partial charge in [-0.15, -0.1) is 0 Å². The van der Waals surface area contributed by atoms with Gasteiger partial charge in [0.25, 0.3) is 0 Å². The first-order valence-corrected chi connectivity index (χ1v) is 7.72. The minimum atomic E-state index is 0.395. The minimum absolute atomic E-state index is 0.395. The van der Waals surface area contributed by atoms with Crippen LogP contribution in [0.15, 0.2) is 24.3 Å². The summed E-state index contributed by atoms with van der Waals surface area (Å²) in [6.45, 7) is 6.26. The molecule has 0 spiro atoms. The summed E-state index contributed by atoms with van der Waals surface area (Å²) in [5.41, 5.74) is 1.23. The summed E-state index contributed by atoms with van der Waals surface area (Å²) < 4.78 is 5.84. The second-order valence-corrected chi connectivity index (χ2v) is 5.64. The Morgan fingerprint density at radius 2 is 2.16 bits per heavy atom. The van der Waals surface area contributed by atoms with Gasteiger partial charge in [0.1, 0.15) is 0 Å². The van der Waals surface area contributed by atoms with Crippen LogP contribution in [0.3, 0.4) is 0 Å². The van der Waals surface area contributed by atoms with Crippen molar-refractivity contribution in [3.63, 3.8) is 0 Å². The highest BCUT2D eigenvalue weighted by Crippen LogP contribution is 2.29. The van der Waals surface area contributed by atoms with Crippen molar-refractivity contribution in [1.82, 2.24) is 5.32 Å². The predicted molar refractivity (Wildman–Crippen MR) is 80.8 cm³/mol. The molecule has 1 saturated heterocycles. The molecule has 0 radical (unpaired) electrons. The number of ether oxygens (including phenoxy) is 1. The van der Waals surface area contributed by atoms with E-state index in [4.69, 9.17) is 16.3 Å². The molecule has 19 heavy (non-hydrogen) atoms. The molecule has 0 aliphatic carbocycles. The first-order chi connectivity index (χ1) is 9.26. The Kier molecular flexibility index (Phi) is 5.68. The number of nitrogens with one attached hydrogen (secondary N) is 1. The van der Waals surface area contributed by atoms with Gasteiger partial charge in [-0.25, -0.2) is 0 Å². The van der Waals surface area contributed by atoms with E-state index in [1.807, 2.05) is 12.1 Å². The Hall–Kier alpha value is -0.570. The highest BCUT2D eigenvalue weighted by molar-refractivity contribution is 6.31. The maximum atomic E-state index is 6.29. The third kappa shape index (κ3) is 3.71. The summed E-state index contributed by atoms with van der Waals surface area (Å²) >= 11 is 6.29. The molecule has 0 saturated carbocycles. The summed E-state index contributed by atoms with van der Waals surface area (Å²) in [6, 6.07) is 8.61. The molecule has 106 valence electrons. The Balaban J connectivity index is 2.09. The summed E-state index contributed by atoms with van der Waals surface area (Å²) in [7, 11) is 0. The molecule has 1 fully saturated rings. The molecule has 1 aliphatic rings. The number of hydrogen-bond acceptors (Lipinski definition) is 2. The summed E-state index contributed by atoms with van der Waals surface area (Å²) in [4.78, 5) is 0. The van der Waals surface area contributed by atoms with E-state index < -0.39 is 0 Å². The molecule has 1 heterocycles. The third-order valence-corrected chi connectivity index (χ3v) is 4.41. The van der Waals surface area contributed by atoms with Crippen molar-refractivity contribution in [1.29, 1.82) is 0 Å². The lowest BCUT2D eigenvalue weighted by Crippen LogP contribution is -2.41. The van der Waals surface area contributed by atoms with Crippen LogP contribution in [-0.4, -0.2) is 25.3 Å². The van der Waals surface area contributed by atoms with Crippen molar-refractivity contribution in [3.05, 3.63) is 34.9 Å². The van der Waals surface area contributed by atoms with Crippen LogP contribution in [0.5, 0.6) is 0 Å². The molecule has 1 N–H and O–H groups in total. The quantitative estimate of drug-likeness (QED) is 0.859. The van der Waals surface area contributed by atoms with E-state index in [-0.39, 0.29) is 0 Å². The number of benzene rings is 1. The summed E-state index contributed by atoms with van der Waals surface area (Å²) in [5, 5.41) is 4.50. The molecule has 2 nitrogen and oxygen atoms in total. The lowest BCUT2D eigenvalue weighted by Gasteiger charge is -2.28. The van der Waals surface area contributed by atoms with Crippen LogP contribution >= 0.6 is 11.6 Å². The van der Waals surface area contributed by atoms with Gasteiger partial charge in [-0.1, -0.05) is 43.6 Å². The lowest BCUT2D eigenvalue weighted by molar-refractivity contribution is 0.0776. The number of halogens is 1. The summed E-state index contributed by atoms with van der Waals surface area (Å²) in [6.07, 6.45) is 3.62. The number of likely N-dealkylation sites (N-methyl/N-ethyl adjacent to an activating group) is 1. The van der Waals surface area contributed by atoms with Gasteiger partial charge < -0.3 is 10.1 Å². The second kappa shape index (κ2) is 7.28. The Labute approximate surface area is 121 Å². The van der Waals surface area contributed by atoms with Gasteiger partial charge in [0.05, 0.1) is 6.10 Å². The summed E-state index contributed by atoms with van der Waals surface area (Å²) in [5.74, 6) is 0.598. The van der Waals surface area contributed by atoms with Gasteiger partial charge in [-0.2, -0.15) is 0 Å². The van der Waals surface area contributed by atoms with E-state index in [1.165, 1.54) is 5.56 Å². The van der Waals surface area contributed by atoms with Gasteiger partial charge in [-0.05, 0) is 37.4 Å². The fourth-order valence-electron chi connectivity index (χ4n) is 3.08. The zero-order chi connectivity index (χ0) is 13.7. The van der Waals surface area contributed by atoms with E-state index in [0.717, 1.165) is 37.4 Å². The molecule has 3 unspecified atom stereocenters. The van der Waals surface area contributed by atoms with Crippen LogP contribution in [0.25, 0.3) is 0 Å². The van der Waals surface area contributed by atoms with E-state index >= 15 is 0 Å². The van der Waals surface area contributed by atoms with Crippen LogP contribution in [0.4, 0.5) is 0 Å². The van der Waals surface area contributed by atoms with E-state index in [2.05, 4.69) is 31.3 Å². The molecular weight excluding hydrogens is 258 g/mol. The van der Waals surface area contributed by atoms with Gasteiger partial charge in [0.2, 0.25) is 0 Å². The van der Waals surface area contributed by atoms with Crippen molar-refractivity contribution in [2.75, 3.05) is 13.2 Å². The first kappa shape index (κ1) is 14.8. The lowest BCUT2D eigenvalue weighted by atomic mass is 9.87. The predicted octanol–water partition coefficient (Wildman–Crippen LogP) is 3.68. The highest BCUT2D eigenvalue weighted by Gasteiger charge is 2.33. The van der Waals surface area contributed by atoms with E-state index in [1.54, 1.807) is 0 Å².